The van der Waals surface area contributed by atoms with Gasteiger partial charge in [-0.2, -0.15) is 0 Å². The van der Waals surface area contributed by atoms with E-state index in [1.807, 2.05) is 0 Å². The van der Waals surface area contributed by atoms with Gasteiger partial charge in [0.2, 0.25) is 0 Å². The van der Waals surface area contributed by atoms with Gasteiger partial charge in [0.05, 0.1) is 33.9 Å². The molecule has 0 spiro atoms. The van der Waals surface area contributed by atoms with Gasteiger partial charge in [-0.25, -0.2) is 0 Å². The number of unbranched alkanes of at least 4 members (excludes halogenated alkanes) is 17. The molecule has 1 N–H and O–H groups in total. The molecule has 0 aliphatic heterocycles. The van der Waals surface area contributed by atoms with E-state index in [9.17, 15) is 4.57 Å². The van der Waals surface area contributed by atoms with Crippen molar-refractivity contribution in [2.45, 2.75) is 135 Å². The van der Waals surface area contributed by atoms with Gasteiger partial charge >= 0.3 is 13.8 Å². The van der Waals surface area contributed by atoms with E-state index in [0.717, 1.165) is 12.8 Å². The first-order valence-corrected chi connectivity index (χ1v) is 17.3. The van der Waals surface area contributed by atoms with Crippen LogP contribution < -0.4 is 0 Å². The Morgan fingerprint density at radius 2 is 1.00 bits per heavy atom. The van der Waals surface area contributed by atoms with Crippen molar-refractivity contribution in [1.29, 1.82) is 0 Å². The second-order valence-corrected chi connectivity index (χ2v) is 15.6. The van der Waals surface area contributed by atoms with Gasteiger partial charge in [0.25, 0.3) is 0 Å². The van der Waals surface area contributed by atoms with Gasteiger partial charge in [-0.1, -0.05) is 116 Å². The first-order valence-electron chi connectivity index (χ1n) is 13.0. The molecule has 2 unspecified atom stereocenters. The van der Waals surface area contributed by atoms with Crippen LogP contribution in [-0.2, 0) is 13.8 Å². The minimum absolute atomic E-state index is 0.593. The van der Waals surface area contributed by atoms with Crippen LogP contribution in [0.4, 0.5) is 0 Å². The van der Waals surface area contributed by atoms with E-state index < -0.39 is 21.0 Å². The van der Waals surface area contributed by atoms with Crippen LogP contribution in [0.3, 0.4) is 0 Å². The molecule has 0 aromatic carbocycles. The lowest BCUT2D eigenvalue weighted by atomic mass is 10.0. The van der Waals surface area contributed by atoms with Crippen molar-refractivity contribution in [3.8, 4) is 0 Å². The highest BCUT2D eigenvalue weighted by Gasteiger charge is 2.53. The molecule has 0 aliphatic rings. The van der Waals surface area contributed by atoms with Gasteiger partial charge < -0.3 is 4.74 Å². The first kappa shape index (κ1) is 31.4. The van der Waals surface area contributed by atoms with Crippen LogP contribution in [0.5, 0.6) is 0 Å². The van der Waals surface area contributed by atoms with Crippen LogP contribution in [0.15, 0.2) is 0 Å². The summed E-state index contributed by atoms with van der Waals surface area (Å²) in [5.41, 5.74) is -0.927. The number of rotatable bonds is 23. The third-order valence-corrected chi connectivity index (χ3v) is 9.64. The highest BCUT2D eigenvalue weighted by Crippen LogP contribution is 2.62. The topological polar surface area (TPSA) is 55.8 Å². The van der Waals surface area contributed by atoms with Gasteiger partial charge in [0.15, 0.2) is 0 Å². The van der Waals surface area contributed by atoms with Crippen molar-refractivity contribution >= 4 is 15.5 Å². The fraction of sp³-hybridized carbons (Fsp3) is 1.00. The molecule has 0 aromatic rings. The first-order chi connectivity index (χ1) is 14.7. The second kappa shape index (κ2) is 19.8. The molecule has 0 aliphatic carbocycles. The summed E-state index contributed by atoms with van der Waals surface area (Å²) in [5, 5.41) is 0. The van der Waals surface area contributed by atoms with E-state index in [0.29, 0.717) is 6.61 Å². The lowest BCUT2D eigenvalue weighted by Crippen LogP contribution is -2.32. The van der Waals surface area contributed by atoms with Crippen molar-refractivity contribution in [3.63, 3.8) is 0 Å². The number of hydrogen-bond donors (Lipinski definition) is 1. The third kappa shape index (κ3) is 18.5. The Morgan fingerprint density at radius 1 is 0.677 bits per heavy atom. The summed E-state index contributed by atoms with van der Waals surface area (Å²) in [6, 6.07) is 0. The molecule has 0 fully saturated rings. The van der Waals surface area contributed by atoms with E-state index in [2.05, 4.69) is 26.9 Å². The third-order valence-electron chi connectivity index (χ3n) is 6.33. The zero-order valence-corrected chi connectivity index (χ0v) is 23.3. The Hall–Kier alpha value is 0.410. The summed E-state index contributed by atoms with van der Waals surface area (Å²) >= 11 is 0. The molecule has 4 nitrogen and oxygen atoms in total. The standard InChI is InChI=1S/C25H53O4P2/c1-6-7-8-9-10-11-12-13-14-15-16-17-18-19-20-21-22-23-24-28-25(2,29-30(26)27)31(3,4)5/h6-24H2,1-5H3/q+1/p+1. The van der Waals surface area contributed by atoms with Gasteiger partial charge in [0.1, 0.15) is 0 Å². The van der Waals surface area contributed by atoms with E-state index >= 15 is 0 Å². The lowest BCUT2D eigenvalue weighted by Gasteiger charge is -2.29. The minimum Gasteiger partial charge on any atom is -0.316 e. The summed E-state index contributed by atoms with van der Waals surface area (Å²) in [6.45, 7) is 10.9. The average molecular weight is 481 g/mol. The summed E-state index contributed by atoms with van der Waals surface area (Å²) in [6.07, 6.45) is 24.5. The molecule has 0 saturated heterocycles. The van der Waals surface area contributed by atoms with Crippen molar-refractivity contribution < 1.29 is 18.7 Å². The largest absolute Gasteiger partial charge is 0.701 e. The molecule has 0 amide bonds. The molecule has 31 heavy (non-hydrogen) atoms. The van der Waals surface area contributed by atoms with Crippen LogP contribution in [0.25, 0.3) is 0 Å². The van der Waals surface area contributed by atoms with E-state index in [1.165, 1.54) is 103 Å². The molecule has 2 atom stereocenters. The molecule has 6 heteroatoms. The van der Waals surface area contributed by atoms with E-state index in [1.54, 1.807) is 6.92 Å². The maximum atomic E-state index is 11.1. The molecule has 0 aromatic heterocycles. The smallest absolute Gasteiger partial charge is 0.316 e. The maximum absolute atomic E-state index is 11.1. The van der Waals surface area contributed by atoms with E-state index in [4.69, 9.17) is 14.2 Å². The van der Waals surface area contributed by atoms with Crippen molar-refractivity contribution in [2.75, 3.05) is 26.6 Å². The van der Waals surface area contributed by atoms with Crippen LogP contribution in [0.1, 0.15) is 129 Å². The minimum atomic E-state index is -2.65. The number of hydrogen-bond acceptors (Lipinski definition) is 3. The zero-order valence-electron chi connectivity index (χ0n) is 21.5. The van der Waals surface area contributed by atoms with Crippen molar-refractivity contribution in [3.05, 3.63) is 0 Å². The van der Waals surface area contributed by atoms with Gasteiger partial charge in [-0.3, -0.25) is 0 Å². The Kier molecular flexibility index (Phi) is 20.1. The Morgan fingerprint density at radius 3 is 1.29 bits per heavy atom. The fourth-order valence-corrected chi connectivity index (χ4v) is 5.76. The highest BCUT2D eigenvalue weighted by atomic mass is 31.2. The molecule has 0 rings (SSSR count). The average Bonchev–Trinajstić information content (AvgIpc) is 2.68. The van der Waals surface area contributed by atoms with Crippen LogP contribution >= 0.6 is 15.5 Å². The summed E-state index contributed by atoms with van der Waals surface area (Å²) in [4.78, 5) is 9.13. The van der Waals surface area contributed by atoms with Crippen LogP contribution in [-0.4, -0.2) is 37.0 Å². The van der Waals surface area contributed by atoms with Gasteiger partial charge in [0, 0.05) is 11.5 Å². The van der Waals surface area contributed by atoms with Gasteiger partial charge in [-0.15, -0.1) is 4.89 Å². The summed E-state index contributed by atoms with van der Waals surface area (Å²) < 4.78 is 22.3. The molecule has 186 valence electrons. The fourth-order valence-electron chi connectivity index (χ4n) is 3.75. The molecule has 0 radical (unpaired) electrons. The van der Waals surface area contributed by atoms with Gasteiger partial charge in [-0.05, 0) is 10.9 Å². The maximum Gasteiger partial charge on any atom is 0.701 e. The summed E-state index contributed by atoms with van der Waals surface area (Å²) in [7, 11) is -4.22. The Bertz CT molecular complexity index is 426. The Labute approximate surface area is 195 Å². The molecule has 0 bridgehead atoms. The van der Waals surface area contributed by atoms with E-state index in [-0.39, 0.29) is 0 Å². The molecular formula is C25H54O4P2+2. The second-order valence-electron chi connectivity index (χ2n) is 10.1. The van der Waals surface area contributed by atoms with Crippen molar-refractivity contribution in [1.82, 2.24) is 0 Å². The quantitative estimate of drug-likeness (QED) is 0.0899. The van der Waals surface area contributed by atoms with Crippen molar-refractivity contribution in [2.24, 2.45) is 0 Å². The summed E-state index contributed by atoms with van der Waals surface area (Å²) in [5.74, 6) is 0. The SMILES string of the molecule is CCCCCCCCCCCCCCCCCCCCOC(C)(O[P+](=O)O)[P+](C)(C)C. The predicted molar refractivity (Wildman–Crippen MR) is 139 cm³/mol. The zero-order chi connectivity index (χ0) is 23.4. The molecular weight excluding hydrogens is 426 g/mol. The lowest BCUT2D eigenvalue weighted by molar-refractivity contribution is -0.106. The monoisotopic (exact) mass is 480 g/mol. The Balaban J connectivity index is 3.42. The predicted octanol–water partition coefficient (Wildman–Crippen LogP) is 9.29. The number of ether oxygens (including phenoxy) is 1. The molecule has 0 heterocycles. The highest BCUT2D eigenvalue weighted by molar-refractivity contribution is 7.75. The molecule has 0 saturated carbocycles. The van der Waals surface area contributed by atoms with Crippen LogP contribution in [0.2, 0.25) is 0 Å². The normalized spacial score (nSPS) is 14.6. The van der Waals surface area contributed by atoms with Crippen LogP contribution in [0, 0.1) is 0 Å².